The van der Waals surface area contributed by atoms with Crippen molar-refractivity contribution in [3.63, 3.8) is 0 Å². The molecule has 2 aromatic rings. The third kappa shape index (κ3) is 1.98. The second-order valence-corrected chi connectivity index (χ2v) is 6.32. The Morgan fingerprint density at radius 2 is 1.68 bits per heavy atom. The molecule has 1 aliphatic heterocycles. The van der Waals surface area contributed by atoms with Crippen LogP contribution in [0.15, 0.2) is 52.4 Å². The second-order valence-electron chi connectivity index (χ2n) is 4.41. The Hall–Kier alpha value is -1.92. The molecule has 0 saturated carbocycles. The molecular weight excluding hydrogens is 264 g/mol. The molecule has 0 unspecified atom stereocenters. The van der Waals surface area contributed by atoms with E-state index in [2.05, 4.69) is 4.98 Å². The van der Waals surface area contributed by atoms with E-state index in [1.165, 1.54) is 22.8 Å². The summed E-state index contributed by atoms with van der Waals surface area (Å²) in [6, 6.07) is 8.78. The summed E-state index contributed by atoms with van der Waals surface area (Å²) in [4.78, 5) is 14.1. The summed E-state index contributed by atoms with van der Waals surface area (Å²) in [5.74, 6) is 0. The molecule has 0 amide bonds. The summed E-state index contributed by atoms with van der Waals surface area (Å²) in [7, 11) is -3.75. The molecule has 0 spiro atoms. The lowest BCUT2D eigenvalue weighted by Crippen LogP contribution is -2.29. The van der Waals surface area contributed by atoms with Crippen LogP contribution in [0.4, 0.5) is 0 Å². The van der Waals surface area contributed by atoms with E-state index >= 15 is 0 Å². The number of rotatable bonds is 2. The lowest BCUT2D eigenvalue weighted by atomic mass is 10.1. The van der Waals surface area contributed by atoms with Gasteiger partial charge in [0, 0.05) is 31.5 Å². The summed E-state index contributed by atoms with van der Waals surface area (Å²) in [5, 5.41) is 0. The standard InChI is InChI=1S/C13H12N2O3S/c16-12-5-6-14-7-13(12)19(17,18)15-8-10-3-1-2-4-11(10)9-15/h1-7H,8-9H2,(H,14,16). The van der Waals surface area contributed by atoms with Crippen LogP contribution >= 0.6 is 0 Å². The Morgan fingerprint density at radius 1 is 1.05 bits per heavy atom. The van der Waals surface area contributed by atoms with Crippen molar-refractivity contribution in [2.45, 2.75) is 18.0 Å². The zero-order valence-corrected chi connectivity index (χ0v) is 10.9. The largest absolute Gasteiger partial charge is 0.366 e. The first-order chi connectivity index (χ1) is 9.09. The monoisotopic (exact) mass is 276 g/mol. The number of hydrogen-bond donors (Lipinski definition) is 1. The van der Waals surface area contributed by atoms with Crippen molar-refractivity contribution in [1.82, 2.24) is 9.29 Å². The lowest BCUT2D eigenvalue weighted by molar-refractivity contribution is 0.431. The van der Waals surface area contributed by atoms with Gasteiger partial charge < -0.3 is 4.98 Å². The van der Waals surface area contributed by atoms with Crippen molar-refractivity contribution in [2.24, 2.45) is 0 Å². The first-order valence-electron chi connectivity index (χ1n) is 5.83. The highest BCUT2D eigenvalue weighted by molar-refractivity contribution is 7.89. The van der Waals surface area contributed by atoms with E-state index in [0.29, 0.717) is 13.1 Å². The van der Waals surface area contributed by atoms with Crippen LogP contribution in [0.3, 0.4) is 0 Å². The summed E-state index contributed by atoms with van der Waals surface area (Å²) in [5.41, 5.74) is 1.48. The number of H-pyrrole nitrogens is 1. The van der Waals surface area contributed by atoms with E-state index < -0.39 is 15.5 Å². The van der Waals surface area contributed by atoms with Gasteiger partial charge in [0.05, 0.1) is 0 Å². The SMILES string of the molecule is O=c1cc[nH]cc1S(=O)(=O)N1Cc2ccccc2C1. The zero-order valence-electron chi connectivity index (χ0n) is 10.0. The minimum atomic E-state index is -3.75. The predicted octanol–water partition coefficient (Wildman–Crippen LogP) is 1.08. The molecule has 2 heterocycles. The van der Waals surface area contributed by atoms with Gasteiger partial charge in [-0.2, -0.15) is 4.31 Å². The van der Waals surface area contributed by atoms with Crippen LogP contribution in [0.2, 0.25) is 0 Å². The van der Waals surface area contributed by atoms with Crippen LogP contribution < -0.4 is 5.43 Å². The highest BCUT2D eigenvalue weighted by Gasteiger charge is 2.31. The van der Waals surface area contributed by atoms with Gasteiger partial charge in [0.25, 0.3) is 0 Å². The topological polar surface area (TPSA) is 70.2 Å². The Balaban J connectivity index is 2.01. The molecule has 98 valence electrons. The zero-order chi connectivity index (χ0) is 13.5. The molecule has 0 fully saturated rings. The molecule has 1 N–H and O–H groups in total. The fourth-order valence-corrected chi connectivity index (χ4v) is 3.65. The molecule has 0 radical (unpaired) electrons. The first kappa shape index (κ1) is 12.1. The minimum absolute atomic E-state index is 0.206. The quantitative estimate of drug-likeness (QED) is 0.892. The number of fused-ring (bicyclic) bond motifs is 1. The molecule has 6 heteroatoms. The third-order valence-corrected chi connectivity index (χ3v) is 5.03. The van der Waals surface area contributed by atoms with E-state index in [0.717, 1.165) is 11.1 Å². The molecule has 1 aliphatic rings. The number of benzene rings is 1. The van der Waals surface area contributed by atoms with Gasteiger partial charge in [-0.15, -0.1) is 0 Å². The van der Waals surface area contributed by atoms with Crippen LogP contribution in [-0.4, -0.2) is 17.7 Å². The average molecular weight is 276 g/mol. The van der Waals surface area contributed by atoms with Crippen LogP contribution in [-0.2, 0) is 23.1 Å². The fraction of sp³-hybridized carbons (Fsp3) is 0.154. The van der Waals surface area contributed by atoms with Gasteiger partial charge in [-0.3, -0.25) is 4.79 Å². The third-order valence-electron chi connectivity index (χ3n) is 3.22. The number of pyridine rings is 1. The Bertz CT molecular complexity index is 755. The van der Waals surface area contributed by atoms with Crippen LogP contribution in [0, 0.1) is 0 Å². The van der Waals surface area contributed by atoms with Gasteiger partial charge in [0.15, 0.2) is 0 Å². The Morgan fingerprint density at radius 3 is 2.26 bits per heavy atom. The van der Waals surface area contributed by atoms with Crippen LogP contribution in [0.1, 0.15) is 11.1 Å². The van der Waals surface area contributed by atoms with Gasteiger partial charge >= 0.3 is 0 Å². The normalized spacial score (nSPS) is 15.4. The fourth-order valence-electron chi connectivity index (χ4n) is 2.21. The molecule has 0 aliphatic carbocycles. The summed E-state index contributed by atoms with van der Waals surface area (Å²) in [6.07, 6.45) is 2.65. The summed E-state index contributed by atoms with van der Waals surface area (Å²) < 4.78 is 26.2. The molecule has 0 saturated heterocycles. The van der Waals surface area contributed by atoms with Gasteiger partial charge in [-0.25, -0.2) is 8.42 Å². The predicted molar refractivity (Wildman–Crippen MR) is 69.9 cm³/mol. The van der Waals surface area contributed by atoms with Crippen LogP contribution in [0.5, 0.6) is 0 Å². The minimum Gasteiger partial charge on any atom is -0.366 e. The van der Waals surface area contributed by atoms with E-state index in [1.807, 2.05) is 24.3 Å². The Labute approximate surface area is 110 Å². The van der Waals surface area contributed by atoms with Crippen molar-refractivity contribution in [3.05, 3.63) is 64.1 Å². The molecule has 0 atom stereocenters. The number of aromatic amines is 1. The molecular formula is C13H12N2O3S. The highest BCUT2D eigenvalue weighted by Crippen LogP contribution is 2.26. The molecule has 19 heavy (non-hydrogen) atoms. The number of aromatic nitrogens is 1. The van der Waals surface area contributed by atoms with Crippen LogP contribution in [0.25, 0.3) is 0 Å². The molecule has 0 bridgehead atoms. The van der Waals surface area contributed by atoms with E-state index in [4.69, 9.17) is 0 Å². The van der Waals surface area contributed by atoms with Crippen molar-refractivity contribution >= 4 is 10.0 Å². The van der Waals surface area contributed by atoms with Crippen molar-refractivity contribution < 1.29 is 8.42 Å². The van der Waals surface area contributed by atoms with Crippen molar-refractivity contribution in [2.75, 3.05) is 0 Å². The number of hydrogen-bond acceptors (Lipinski definition) is 3. The molecule has 5 nitrogen and oxygen atoms in total. The second kappa shape index (κ2) is 4.32. The number of nitrogens with one attached hydrogen (secondary N) is 1. The van der Waals surface area contributed by atoms with Gasteiger partial charge in [-0.1, -0.05) is 24.3 Å². The van der Waals surface area contributed by atoms with E-state index in [-0.39, 0.29) is 4.90 Å². The summed E-state index contributed by atoms with van der Waals surface area (Å²) in [6.45, 7) is 0.625. The van der Waals surface area contributed by atoms with E-state index in [9.17, 15) is 13.2 Å². The van der Waals surface area contributed by atoms with Gasteiger partial charge in [0.1, 0.15) is 4.90 Å². The Kier molecular flexibility index (Phi) is 2.76. The smallest absolute Gasteiger partial charge is 0.249 e. The van der Waals surface area contributed by atoms with Gasteiger partial charge in [0.2, 0.25) is 15.5 Å². The maximum absolute atomic E-state index is 12.4. The molecule has 1 aromatic heterocycles. The molecule has 3 rings (SSSR count). The van der Waals surface area contributed by atoms with Gasteiger partial charge in [-0.05, 0) is 11.1 Å². The van der Waals surface area contributed by atoms with E-state index in [1.54, 1.807) is 0 Å². The summed E-state index contributed by atoms with van der Waals surface area (Å²) >= 11 is 0. The maximum Gasteiger partial charge on any atom is 0.249 e. The molecule has 1 aromatic carbocycles. The van der Waals surface area contributed by atoms with Crippen molar-refractivity contribution in [1.29, 1.82) is 0 Å². The highest BCUT2D eigenvalue weighted by atomic mass is 32.2. The lowest BCUT2D eigenvalue weighted by Gasteiger charge is -2.14. The maximum atomic E-state index is 12.4. The average Bonchev–Trinajstić information content (AvgIpc) is 2.83. The first-order valence-corrected chi connectivity index (χ1v) is 7.27. The van der Waals surface area contributed by atoms with Crippen molar-refractivity contribution in [3.8, 4) is 0 Å². The number of nitrogens with zero attached hydrogens (tertiary/aromatic N) is 1. The number of sulfonamides is 1.